The molecule has 0 aliphatic carbocycles. The Morgan fingerprint density at radius 2 is 1.70 bits per heavy atom. The summed E-state index contributed by atoms with van der Waals surface area (Å²) in [5.74, 6) is 0. The first-order valence-electron chi connectivity index (χ1n) is 9.19. The van der Waals surface area contributed by atoms with E-state index in [1.165, 1.54) is 32.4 Å². The molecule has 4 rings (SSSR count). The second-order valence-corrected chi connectivity index (χ2v) is 6.77. The highest BCUT2D eigenvalue weighted by Crippen LogP contribution is 2.29. The van der Waals surface area contributed by atoms with E-state index in [1.54, 1.807) is 12.4 Å². The maximum Gasteiger partial charge on any atom is 0.0998 e. The van der Waals surface area contributed by atoms with Gasteiger partial charge in [-0.1, -0.05) is 41.4 Å². The first-order valence-corrected chi connectivity index (χ1v) is 9.60. The summed E-state index contributed by atoms with van der Waals surface area (Å²) in [5, 5.41) is 12.1. The van der Waals surface area contributed by atoms with Crippen LogP contribution < -0.4 is 5.32 Å². The van der Waals surface area contributed by atoms with Gasteiger partial charge in [0.1, 0.15) is 0 Å². The third kappa shape index (κ3) is 5.10. The van der Waals surface area contributed by atoms with Crippen molar-refractivity contribution in [1.29, 1.82) is 5.26 Å². The van der Waals surface area contributed by atoms with E-state index in [0.717, 1.165) is 22.4 Å². The molecule has 0 spiro atoms. The number of pyridine rings is 2. The number of aromatic nitrogens is 2. The van der Waals surface area contributed by atoms with Crippen molar-refractivity contribution in [3.05, 3.63) is 66.5 Å². The molecular weight excluding hydrogens is 352 g/mol. The zero-order valence-corrected chi connectivity index (χ0v) is 16.0. The largest absolute Gasteiger partial charge is 0.759 e. The van der Waals surface area contributed by atoms with Crippen LogP contribution in [-0.4, -0.2) is 23.1 Å². The Balaban J connectivity index is 0.000000299. The molecule has 1 aliphatic heterocycles. The van der Waals surface area contributed by atoms with Crippen LogP contribution in [-0.2, 0) is 12.6 Å². The topological polar surface area (TPSA) is 66.2 Å². The van der Waals surface area contributed by atoms with Crippen molar-refractivity contribution >= 4 is 12.6 Å². The van der Waals surface area contributed by atoms with Crippen molar-refractivity contribution in [3.8, 4) is 28.5 Å². The van der Waals surface area contributed by atoms with Gasteiger partial charge in [0.2, 0.25) is 0 Å². The lowest BCUT2D eigenvalue weighted by Crippen LogP contribution is -2.85. The normalized spacial score (nSPS) is 13.1. The Morgan fingerprint density at radius 3 is 2.26 bits per heavy atom. The summed E-state index contributed by atoms with van der Waals surface area (Å²) in [4.78, 5) is 8.48. The van der Waals surface area contributed by atoms with Crippen molar-refractivity contribution in [3.63, 3.8) is 0 Å². The molecule has 0 bridgehead atoms. The van der Waals surface area contributed by atoms with E-state index < -0.39 is 0 Å². The molecule has 1 aromatic carbocycles. The zero-order chi connectivity index (χ0) is 18.9. The van der Waals surface area contributed by atoms with Gasteiger partial charge in [0.05, 0.1) is 30.4 Å². The van der Waals surface area contributed by atoms with Gasteiger partial charge in [0, 0.05) is 29.1 Å². The number of rotatable bonds is 2. The lowest BCUT2D eigenvalue weighted by atomic mass is 10.0. The minimum Gasteiger partial charge on any atom is -0.759 e. The van der Waals surface area contributed by atoms with Crippen LogP contribution in [0.3, 0.4) is 0 Å². The number of benzene rings is 1. The van der Waals surface area contributed by atoms with E-state index in [0.29, 0.717) is 10.6 Å². The monoisotopic (exact) mass is 374 g/mol. The molecule has 3 aromatic rings. The van der Waals surface area contributed by atoms with Gasteiger partial charge in [-0.15, -0.1) is 0 Å². The van der Waals surface area contributed by atoms with Crippen molar-refractivity contribution in [2.75, 3.05) is 13.1 Å². The van der Waals surface area contributed by atoms with Crippen LogP contribution in [0.4, 0.5) is 0 Å². The molecule has 0 amide bonds. The fourth-order valence-corrected chi connectivity index (χ4v) is 3.29. The average molecular weight is 375 g/mol. The van der Waals surface area contributed by atoms with Gasteiger partial charge in [0.25, 0.3) is 0 Å². The Kier molecular flexibility index (Phi) is 6.86. The molecule has 0 atom stereocenters. The molecule has 0 saturated carbocycles. The van der Waals surface area contributed by atoms with Crippen molar-refractivity contribution in [1.82, 2.24) is 9.97 Å². The summed E-state index contributed by atoms with van der Waals surface area (Å²) in [6.45, 7) is 2.75. The minimum atomic E-state index is 0.317. The number of quaternary nitrogens is 1. The maximum absolute atomic E-state index is 9.34. The number of hydrogen-bond acceptors (Lipinski definition) is 4. The van der Waals surface area contributed by atoms with Gasteiger partial charge in [-0.3, -0.25) is 9.97 Å². The summed E-state index contributed by atoms with van der Waals surface area (Å²) in [7, 11) is 0. The van der Waals surface area contributed by atoms with Gasteiger partial charge in [-0.25, -0.2) is 0 Å². The lowest BCUT2D eigenvalue weighted by Gasteiger charge is -2.15. The number of nitriles is 1. The van der Waals surface area contributed by atoms with Gasteiger partial charge in [-0.05, 0) is 31.4 Å². The molecule has 0 unspecified atom stereocenters. The Morgan fingerprint density at radius 1 is 0.963 bits per heavy atom. The molecule has 2 aromatic heterocycles. The Bertz CT molecular complexity index is 889. The number of nitrogens with zero attached hydrogens (tertiary/aromatic N) is 3. The second kappa shape index (κ2) is 9.77. The summed E-state index contributed by atoms with van der Waals surface area (Å²) in [5.41, 5.74) is 3.78. The zero-order valence-electron chi connectivity index (χ0n) is 15.1. The lowest BCUT2D eigenvalue weighted by molar-refractivity contribution is -0.662. The highest BCUT2D eigenvalue weighted by molar-refractivity contribution is 7.58. The van der Waals surface area contributed by atoms with Crippen LogP contribution in [0.15, 0.2) is 66.0 Å². The molecule has 5 heteroatoms. The van der Waals surface area contributed by atoms with Crippen molar-refractivity contribution in [2.24, 2.45) is 0 Å². The molecule has 1 fully saturated rings. The van der Waals surface area contributed by atoms with Crippen molar-refractivity contribution < 1.29 is 5.32 Å². The molecule has 27 heavy (non-hydrogen) atoms. The smallest absolute Gasteiger partial charge is 0.0998 e. The standard InChI is InChI=1S/C17H11N3S.C5H11N/c18-10-15-14(13-7-4-8-19-11-13)9-16(20-17(15)21)12-5-2-1-3-6-12;1-2-4-6-5-3-1/h1-9,11H,(H,20,21);6H,1-5H2. The van der Waals surface area contributed by atoms with Gasteiger partial charge >= 0.3 is 0 Å². The molecule has 3 heterocycles. The Labute approximate surface area is 165 Å². The van der Waals surface area contributed by atoms with E-state index in [2.05, 4.69) is 21.4 Å². The summed E-state index contributed by atoms with van der Waals surface area (Å²) < 4.78 is 0. The van der Waals surface area contributed by atoms with Crippen LogP contribution in [0.1, 0.15) is 24.8 Å². The highest BCUT2D eigenvalue weighted by atomic mass is 32.1. The van der Waals surface area contributed by atoms with E-state index in [4.69, 9.17) is 12.6 Å². The molecular formula is C22H22N4S. The average Bonchev–Trinajstić information content (AvgIpc) is 2.76. The van der Waals surface area contributed by atoms with E-state index in [-0.39, 0.29) is 0 Å². The first-order chi connectivity index (χ1) is 13.3. The van der Waals surface area contributed by atoms with Gasteiger partial charge in [-0.2, -0.15) is 5.26 Å². The summed E-state index contributed by atoms with van der Waals surface area (Å²) in [6, 6.07) is 17.6. The van der Waals surface area contributed by atoms with Gasteiger partial charge < -0.3 is 17.9 Å². The number of nitrogens with two attached hydrogens (primary N) is 1. The maximum atomic E-state index is 9.34. The predicted octanol–water partition coefficient (Wildman–Crippen LogP) is 3.32. The fourth-order valence-electron chi connectivity index (χ4n) is 3.03. The molecule has 4 nitrogen and oxygen atoms in total. The SMILES string of the molecule is C1CC[NH2+]CC1.N#Cc1c(-c2cccnc2)cc(-c2ccccc2)nc1[S-]. The molecule has 136 valence electrons. The highest BCUT2D eigenvalue weighted by Gasteiger charge is 2.09. The summed E-state index contributed by atoms with van der Waals surface area (Å²) >= 11 is 5.27. The van der Waals surface area contributed by atoms with Crippen LogP contribution in [0.25, 0.3) is 22.4 Å². The van der Waals surface area contributed by atoms with Crippen LogP contribution in [0.2, 0.25) is 0 Å². The Hall–Kier alpha value is -2.81. The minimum absolute atomic E-state index is 0.317. The van der Waals surface area contributed by atoms with Crippen LogP contribution >= 0.6 is 0 Å². The predicted molar refractivity (Wildman–Crippen MR) is 109 cm³/mol. The molecule has 1 saturated heterocycles. The van der Waals surface area contributed by atoms with Crippen LogP contribution in [0.5, 0.6) is 0 Å². The van der Waals surface area contributed by atoms with Crippen molar-refractivity contribution in [2.45, 2.75) is 24.3 Å². The number of hydrogen-bond donors (Lipinski definition) is 1. The molecule has 2 N–H and O–H groups in total. The third-order valence-electron chi connectivity index (χ3n) is 4.46. The molecule has 1 aliphatic rings. The fraction of sp³-hybridized carbons (Fsp3) is 0.227. The van der Waals surface area contributed by atoms with E-state index >= 15 is 0 Å². The summed E-state index contributed by atoms with van der Waals surface area (Å²) in [6.07, 6.45) is 7.78. The van der Waals surface area contributed by atoms with E-state index in [1.807, 2.05) is 48.5 Å². The van der Waals surface area contributed by atoms with E-state index in [9.17, 15) is 5.26 Å². The molecule has 0 radical (unpaired) electrons. The van der Waals surface area contributed by atoms with Crippen LogP contribution in [0, 0.1) is 11.3 Å². The second-order valence-electron chi connectivity index (χ2n) is 6.38. The van der Waals surface area contributed by atoms with Gasteiger partial charge in [0.15, 0.2) is 0 Å². The first kappa shape index (κ1) is 19.0. The quantitative estimate of drug-likeness (QED) is 0.699. The number of piperidine rings is 1. The third-order valence-corrected chi connectivity index (χ3v) is 4.75.